The topological polar surface area (TPSA) is 94.2 Å². The van der Waals surface area contributed by atoms with Crippen molar-refractivity contribution in [2.75, 3.05) is 27.4 Å². The molecule has 1 aliphatic heterocycles. The lowest BCUT2D eigenvalue weighted by atomic mass is 10.1. The molecule has 1 heterocycles. The number of hydrogen-bond donors (Lipinski definition) is 1. The molecule has 1 aromatic carbocycles. The highest BCUT2D eigenvalue weighted by molar-refractivity contribution is 14.1. The van der Waals surface area contributed by atoms with Crippen molar-refractivity contribution in [2.24, 2.45) is 0 Å². The molecule has 0 bridgehead atoms. The molecule has 0 radical (unpaired) electrons. The number of carbonyl (C=O) groups is 3. The predicted molar refractivity (Wildman–Crippen MR) is 114 cm³/mol. The minimum atomic E-state index is -0.588. The fraction of sp³-hybridized carbons (Fsp3) is 0.222. The van der Waals surface area contributed by atoms with E-state index in [1.807, 2.05) is 22.6 Å². The Morgan fingerprint density at radius 3 is 2.68 bits per heavy atom. The maximum absolute atomic E-state index is 12.6. The van der Waals surface area contributed by atoms with Gasteiger partial charge in [-0.25, -0.2) is 4.79 Å². The summed E-state index contributed by atoms with van der Waals surface area (Å²) in [5.74, 6) is -0.954. The first kappa shape index (κ1) is 21.8. The van der Waals surface area contributed by atoms with Crippen molar-refractivity contribution in [1.82, 2.24) is 10.2 Å². The Balaban J connectivity index is 2.39. The van der Waals surface area contributed by atoms with E-state index in [4.69, 9.17) is 21.7 Å². The number of hydrogen-bond acceptors (Lipinski definition) is 7. The van der Waals surface area contributed by atoms with E-state index in [0.717, 1.165) is 0 Å². The molecule has 1 aliphatic rings. The zero-order chi connectivity index (χ0) is 20.8. The maximum Gasteiger partial charge on any atom is 0.343 e. The molecule has 10 heteroatoms. The van der Waals surface area contributed by atoms with Gasteiger partial charge in [0.2, 0.25) is 0 Å². The van der Waals surface area contributed by atoms with Crippen LogP contribution in [0.5, 0.6) is 11.5 Å². The molecule has 1 fully saturated rings. The summed E-state index contributed by atoms with van der Waals surface area (Å²) in [7, 11) is 2.70. The summed E-state index contributed by atoms with van der Waals surface area (Å²) >= 11 is 7.03. The molecule has 1 saturated heterocycles. The first-order valence-electron chi connectivity index (χ1n) is 7.89. The number of esters is 1. The summed E-state index contributed by atoms with van der Waals surface area (Å²) in [6.07, 6.45) is 2.95. The largest absolute Gasteiger partial charge is 0.493 e. The second-order valence-corrected chi connectivity index (χ2v) is 6.97. The van der Waals surface area contributed by atoms with Gasteiger partial charge in [-0.1, -0.05) is 6.08 Å². The van der Waals surface area contributed by atoms with Gasteiger partial charge in [0.15, 0.2) is 23.2 Å². The number of thiocarbonyl (C=S) groups is 1. The molecular formula is C18H17IN2O6S. The number of nitrogens with one attached hydrogen (secondary N) is 1. The first-order valence-corrected chi connectivity index (χ1v) is 9.38. The number of benzene rings is 1. The average molecular weight is 516 g/mol. The second-order valence-electron chi connectivity index (χ2n) is 5.42. The highest BCUT2D eigenvalue weighted by Gasteiger charge is 2.32. The quantitative estimate of drug-likeness (QED) is 0.147. The van der Waals surface area contributed by atoms with E-state index in [0.29, 0.717) is 20.6 Å². The molecule has 1 aromatic rings. The minimum absolute atomic E-state index is 0.0331. The van der Waals surface area contributed by atoms with E-state index in [1.54, 1.807) is 12.1 Å². The van der Waals surface area contributed by atoms with Gasteiger partial charge >= 0.3 is 5.97 Å². The van der Waals surface area contributed by atoms with Crippen molar-refractivity contribution < 1.29 is 28.6 Å². The second kappa shape index (κ2) is 9.64. The van der Waals surface area contributed by atoms with Crippen LogP contribution in [0.15, 0.2) is 30.4 Å². The van der Waals surface area contributed by atoms with Crippen molar-refractivity contribution in [3.05, 3.63) is 39.5 Å². The zero-order valence-electron chi connectivity index (χ0n) is 15.1. The van der Waals surface area contributed by atoms with E-state index in [-0.39, 0.29) is 23.8 Å². The van der Waals surface area contributed by atoms with Gasteiger partial charge in [-0.3, -0.25) is 19.8 Å². The number of halogens is 1. The molecule has 0 aromatic heterocycles. The van der Waals surface area contributed by atoms with Crippen molar-refractivity contribution in [3.63, 3.8) is 0 Å². The molecular weight excluding hydrogens is 499 g/mol. The molecule has 148 valence electrons. The Morgan fingerprint density at radius 1 is 1.36 bits per heavy atom. The predicted octanol–water partition coefficient (Wildman–Crippen LogP) is 1.66. The standard InChI is InChI=1S/C18H17IN2O6S/c1-4-5-21-17(24)11(16(23)20-18(21)28)6-10-7-12(19)15(13(8-10)25-2)27-9-14(22)26-3/h4,6-8H,1,5,9H2,2-3H3,(H,20,23,28)/b11-6+. The molecule has 1 N–H and O–H groups in total. The fourth-order valence-corrected chi connectivity index (χ4v) is 3.34. The van der Waals surface area contributed by atoms with Gasteiger partial charge in [-0.15, -0.1) is 6.58 Å². The van der Waals surface area contributed by atoms with Crippen LogP contribution in [0.1, 0.15) is 5.56 Å². The number of carbonyl (C=O) groups excluding carboxylic acids is 3. The third-order valence-electron chi connectivity index (χ3n) is 3.62. The Kier molecular flexibility index (Phi) is 7.52. The van der Waals surface area contributed by atoms with Gasteiger partial charge in [-0.05, 0) is 58.6 Å². The summed E-state index contributed by atoms with van der Waals surface area (Å²) in [6, 6.07) is 3.28. The lowest BCUT2D eigenvalue weighted by molar-refractivity contribution is -0.143. The van der Waals surface area contributed by atoms with E-state index in [1.165, 1.54) is 31.3 Å². The molecule has 0 atom stereocenters. The van der Waals surface area contributed by atoms with Crippen LogP contribution in [0.4, 0.5) is 0 Å². The minimum Gasteiger partial charge on any atom is -0.493 e. The van der Waals surface area contributed by atoms with Crippen LogP contribution < -0.4 is 14.8 Å². The van der Waals surface area contributed by atoms with Crippen LogP contribution >= 0.6 is 34.8 Å². The van der Waals surface area contributed by atoms with E-state index >= 15 is 0 Å². The van der Waals surface area contributed by atoms with E-state index in [9.17, 15) is 14.4 Å². The number of ether oxygens (including phenoxy) is 3. The third-order valence-corrected chi connectivity index (χ3v) is 4.75. The van der Waals surface area contributed by atoms with Crippen LogP contribution in [0.3, 0.4) is 0 Å². The van der Waals surface area contributed by atoms with Gasteiger partial charge in [0, 0.05) is 6.54 Å². The molecule has 2 rings (SSSR count). The van der Waals surface area contributed by atoms with Gasteiger partial charge < -0.3 is 14.2 Å². The van der Waals surface area contributed by atoms with Crippen LogP contribution in [0.2, 0.25) is 0 Å². The van der Waals surface area contributed by atoms with Crippen LogP contribution in [-0.4, -0.2) is 55.2 Å². The zero-order valence-corrected chi connectivity index (χ0v) is 18.1. The maximum atomic E-state index is 12.6. The average Bonchev–Trinajstić information content (AvgIpc) is 2.66. The number of methoxy groups -OCH3 is 2. The van der Waals surface area contributed by atoms with Crippen molar-refractivity contribution in [3.8, 4) is 11.5 Å². The monoisotopic (exact) mass is 516 g/mol. The smallest absolute Gasteiger partial charge is 0.343 e. The molecule has 0 spiro atoms. The Morgan fingerprint density at radius 2 is 2.07 bits per heavy atom. The van der Waals surface area contributed by atoms with E-state index in [2.05, 4.69) is 16.6 Å². The third kappa shape index (κ3) is 4.87. The van der Waals surface area contributed by atoms with Gasteiger partial charge in [-0.2, -0.15) is 0 Å². The van der Waals surface area contributed by atoms with Crippen molar-refractivity contribution in [2.45, 2.75) is 0 Å². The van der Waals surface area contributed by atoms with E-state index < -0.39 is 17.8 Å². The van der Waals surface area contributed by atoms with Gasteiger partial charge in [0.1, 0.15) is 5.57 Å². The lowest BCUT2D eigenvalue weighted by Crippen LogP contribution is -2.53. The number of rotatable bonds is 7. The van der Waals surface area contributed by atoms with Crippen molar-refractivity contribution >= 4 is 63.8 Å². The fourth-order valence-electron chi connectivity index (χ4n) is 2.31. The number of amides is 2. The lowest BCUT2D eigenvalue weighted by Gasteiger charge is -2.27. The van der Waals surface area contributed by atoms with Gasteiger partial charge in [0.05, 0.1) is 17.8 Å². The normalized spacial score (nSPS) is 15.3. The highest BCUT2D eigenvalue weighted by atomic mass is 127. The van der Waals surface area contributed by atoms with Gasteiger partial charge in [0.25, 0.3) is 11.8 Å². The Labute approximate surface area is 180 Å². The molecule has 8 nitrogen and oxygen atoms in total. The Bertz CT molecular complexity index is 883. The summed E-state index contributed by atoms with van der Waals surface area (Å²) in [5.41, 5.74) is 0.466. The summed E-state index contributed by atoms with van der Waals surface area (Å²) < 4.78 is 15.9. The highest BCUT2D eigenvalue weighted by Crippen LogP contribution is 2.34. The summed E-state index contributed by atoms with van der Waals surface area (Å²) in [5, 5.41) is 2.51. The molecule has 0 aliphatic carbocycles. The summed E-state index contributed by atoms with van der Waals surface area (Å²) in [4.78, 5) is 37.4. The molecule has 0 unspecified atom stereocenters. The SMILES string of the molecule is C=CCN1C(=O)/C(=C/c2cc(I)c(OCC(=O)OC)c(OC)c2)C(=O)NC1=S. The number of nitrogens with zero attached hydrogens (tertiary/aromatic N) is 1. The van der Waals surface area contributed by atoms with Crippen LogP contribution in [0, 0.1) is 3.57 Å². The van der Waals surface area contributed by atoms with Crippen molar-refractivity contribution in [1.29, 1.82) is 0 Å². The van der Waals surface area contributed by atoms with Crippen LogP contribution in [-0.2, 0) is 19.1 Å². The molecule has 2 amide bonds. The first-order chi connectivity index (χ1) is 13.3. The molecule has 28 heavy (non-hydrogen) atoms. The molecule has 0 saturated carbocycles. The van der Waals surface area contributed by atoms with Crippen LogP contribution in [0.25, 0.3) is 6.08 Å². The Hall–Kier alpha value is -2.47. The summed E-state index contributed by atoms with van der Waals surface area (Å²) in [6.45, 7) is 3.48.